The van der Waals surface area contributed by atoms with Gasteiger partial charge in [0.1, 0.15) is 6.33 Å². The van der Waals surface area contributed by atoms with Gasteiger partial charge >= 0.3 is 0 Å². The SMILES string of the molecule is CC(C)=C/C(F)=C/F. The Morgan fingerprint density at radius 3 is 2.00 bits per heavy atom. The number of allylic oxidation sites excluding steroid dienone is 3. The second kappa shape index (κ2) is 3.36. The molecule has 8 heavy (non-hydrogen) atoms. The predicted octanol–water partition coefficient (Wildman–Crippen LogP) is 2.73. The van der Waals surface area contributed by atoms with Gasteiger partial charge in [0, 0.05) is 0 Å². The summed E-state index contributed by atoms with van der Waals surface area (Å²) in [6.45, 7) is 3.40. The summed E-state index contributed by atoms with van der Waals surface area (Å²) in [6.07, 6.45) is 1.06. The van der Waals surface area contributed by atoms with Crippen molar-refractivity contribution in [2.45, 2.75) is 13.8 Å². The van der Waals surface area contributed by atoms with Gasteiger partial charge in [-0.15, -0.1) is 0 Å². The molecule has 46 valence electrons. The molecule has 0 N–H and O–H groups in total. The van der Waals surface area contributed by atoms with E-state index in [1.165, 1.54) is 0 Å². The van der Waals surface area contributed by atoms with E-state index in [4.69, 9.17) is 0 Å². The molecule has 0 spiro atoms. The summed E-state index contributed by atoms with van der Waals surface area (Å²) in [6, 6.07) is 0. The zero-order chi connectivity index (χ0) is 6.57. The lowest BCUT2D eigenvalue weighted by Gasteiger charge is -1.83. The molecule has 0 radical (unpaired) electrons. The first-order chi connectivity index (χ1) is 3.66. The fourth-order valence-electron chi connectivity index (χ4n) is 0.307. The highest BCUT2D eigenvalue weighted by molar-refractivity contribution is 5.12. The highest BCUT2D eigenvalue weighted by Gasteiger charge is 1.84. The monoisotopic (exact) mass is 118 g/mol. The third-order valence-corrected chi connectivity index (χ3v) is 0.531. The second-order valence-electron chi connectivity index (χ2n) is 1.72. The van der Waals surface area contributed by atoms with Crippen LogP contribution in [0.5, 0.6) is 0 Å². The first kappa shape index (κ1) is 7.34. The van der Waals surface area contributed by atoms with Crippen molar-refractivity contribution >= 4 is 0 Å². The topological polar surface area (TPSA) is 0 Å². The van der Waals surface area contributed by atoms with E-state index in [1.54, 1.807) is 13.8 Å². The Hall–Kier alpha value is -0.660. The van der Waals surface area contributed by atoms with Crippen molar-refractivity contribution in [1.29, 1.82) is 0 Å². The third-order valence-electron chi connectivity index (χ3n) is 0.531. The van der Waals surface area contributed by atoms with Gasteiger partial charge < -0.3 is 0 Å². The van der Waals surface area contributed by atoms with Gasteiger partial charge in [-0.05, 0) is 19.9 Å². The van der Waals surface area contributed by atoms with E-state index in [-0.39, 0.29) is 6.33 Å². The summed E-state index contributed by atoms with van der Waals surface area (Å²) in [4.78, 5) is 0. The Morgan fingerprint density at radius 1 is 1.38 bits per heavy atom. The average Bonchev–Trinajstić information content (AvgIpc) is 1.65. The molecule has 2 heteroatoms. The van der Waals surface area contributed by atoms with E-state index in [2.05, 4.69) is 0 Å². The summed E-state index contributed by atoms with van der Waals surface area (Å²) in [7, 11) is 0. The number of hydrogen-bond acceptors (Lipinski definition) is 0. The summed E-state index contributed by atoms with van der Waals surface area (Å²) in [5, 5.41) is 0. The molecule has 0 heterocycles. The van der Waals surface area contributed by atoms with Crippen molar-refractivity contribution in [2.75, 3.05) is 0 Å². The lowest BCUT2D eigenvalue weighted by Crippen LogP contribution is -1.64. The molecule has 0 fully saturated rings. The molecule has 0 aromatic heterocycles. The van der Waals surface area contributed by atoms with Crippen LogP contribution in [0.1, 0.15) is 13.8 Å². The lowest BCUT2D eigenvalue weighted by molar-refractivity contribution is 0.605. The van der Waals surface area contributed by atoms with Crippen LogP contribution < -0.4 is 0 Å². The molecule has 0 aromatic carbocycles. The van der Waals surface area contributed by atoms with Crippen LogP contribution in [-0.2, 0) is 0 Å². The van der Waals surface area contributed by atoms with Gasteiger partial charge in [0.2, 0.25) is 0 Å². The predicted molar refractivity (Wildman–Crippen MR) is 29.7 cm³/mol. The molecule has 0 atom stereocenters. The van der Waals surface area contributed by atoms with Crippen LogP contribution in [0.3, 0.4) is 0 Å². The van der Waals surface area contributed by atoms with E-state index in [0.717, 1.165) is 11.6 Å². The van der Waals surface area contributed by atoms with E-state index < -0.39 is 5.83 Å². The molecular formula is C6H8F2. The molecule has 0 aliphatic heterocycles. The molecule has 0 aliphatic rings. The van der Waals surface area contributed by atoms with Gasteiger partial charge in [0.25, 0.3) is 0 Å². The van der Waals surface area contributed by atoms with E-state index >= 15 is 0 Å². The van der Waals surface area contributed by atoms with Crippen LogP contribution in [0, 0.1) is 0 Å². The average molecular weight is 118 g/mol. The minimum absolute atomic E-state index is 0.0625. The molecule has 0 aliphatic carbocycles. The molecule has 0 saturated heterocycles. The maximum Gasteiger partial charge on any atom is 0.151 e. The van der Waals surface area contributed by atoms with Crippen LogP contribution in [-0.4, -0.2) is 0 Å². The van der Waals surface area contributed by atoms with Gasteiger partial charge in [-0.1, -0.05) is 5.57 Å². The van der Waals surface area contributed by atoms with Gasteiger partial charge in [0.15, 0.2) is 5.83 Å². The summed E-state index contributed by atoms with van der Waals surface area (Å²) in [5.41, 5.74) is 0.747. The summed E-state index contributed by atoms with van der Waals surface area (Å²) in [5.74, 6) is -0.829. The van der Waals surface area contributed by atoms with Gasteiger partial charge in [-0.25, -0.2) is 8.78 Å². The molecule has 0 unspecified atom stereocenters. The zero-order valence-electron chi connectivity index (χ0n) is 4.91. The van der Waals surface area contributed by atoms with E-state index in [9.17, 15) is 8.78 Å². The molecule has 0 amide bonds. The Morgan fingerprint density at radius 2 is 1.88 bits per heavy atom. The van der Waals surface area contributed by atoms with Crippen LogP contribution in [0.2, 0.25) is 0 Å². The van der Waals surface area contributed by atoms with Crippen molar-refractivity contribution < 1.29 is 8.78 Å². The number of halogens is 2. The highest BCUT2D eigenvalue weighted by Crippen LogP contribution is 2.02. The Balaban J connectivity index is 3.89. The fraction of sp³-hybridized carbons (Fsp3) is 0.333. The number of rotatable bonds is 1. The van der Waals surface area contributed by atoms with Crippen LogP contribution in [0.15, 0.2) is 23.8 Å². The molecule has 0 aromatic rings. The van der Waals surface area contributed by atoms with Crippen LogP contribution in [0.4, 0.5) is 8.78 Å². The van der Waals surface area contributed by atoms with E-state index in [0.29, 0.717) is 0 Å². The molecule has 0 bridgehead atoms. The van der Waals surface area contributed by atoms with Crippen LogP contribution >= 0.6 is 0 Å². The smallest absolute Gasteiger partial charge is 0.151 e. The van der Waals surface area contributed by atoms with Gasteiger partial charge in [0.05, 0.1) is 0 Å². The van der Waals surface area contributed by atoms with Gasteiger partial charge in [-0.3, -0.25) is 0 Å². The second-order valence-corrected chi connectivity index (χ2v) is 1.72. The fourth-order valence-corrected chi connectivity index (χ4v) is 0.307. The van der Waals surface area contributed by atoms with Crippen molar-refractivity contribution in [1.82, 2.24) is 0 Å². The lowest BCUT2D eigenvalue weighted by atomic mass is 10.3. The first-order valence-electron chi connectivity index (χ1n) is 2.27. The minimum atomic E-state index is -0.829. The third kappa shape index (κ3) is 3.53. The maximum absolute atomic E-state index is 11.8. The van der Waals surface area contributed by atoms with Crippen molar-refractivity contribution in [2.24, 2.45) is 0 Å². The Bertz CT molecular complexity index is 118. The largest absolute Gasteiger partial charge is 0.212 e. The van der Waals surface area contributed by atoms with Gasteiger partial charge in [-0.2, -0.15) is 0 Å². The van der Waals surface area contributed by atoms with Crippen LogP contribution in [0.25, 0.3) is 0 Å². The normalized spacial score (nSPS) is 11.2. The molecule has 0 nitrogen and oxygen atoms in total. The van der Waals surface area contributed by atoms with Crippen molar-refractivity contribution in [3.05, 3.63) is 23.8 Å². The zero-order valence-corrected chi connectivity index (χ0v) is 4.91. The Labute approximate surface area is 47.5 Å². The first-order valence-corrected chi connectivity index (χ1v) is 2.27. The quantitative estimate of drug-likeness (QED) is 0.464. The van der Waals surface area contributed by atoms with Crippen molar-refractivity contribution in [3.8, 4) is 0 Å². The Kier molecular flexibility index (Phi) is 3.08. The highest BCUT2D eigenvalue weighted by atomic mass is 19.2. The number of hydrogen-bond donors (Lipinski definition) is 0. The van der Waals surface area contributed by atoms with E-state index in [1.807, 2.05) is 0 Å². The maximum atomic E-state index is 11.8. The summed E-state index contributed by atoms with van der Waals surface area (Å²) >= 11 is 0. The molecular weight excluding hydrogens is 110 g/mol. The van der Waals surface area contributed by atoms with Crippen molar-refractivity contribution in [3.63, 3.8) is 0 Å². The standard InChI is InChI=1S/C6H8F2/c1-5(2)3-6(8)4-7/h3-4H,1-2H3/b6-4-. The molecule has 0 rings (SSSR count). The summed E-state index contributed by atoms with van der Waals surface area (Å²) < 4.78 is 23.0. The molecule has 0 saturated carbocycles. The minimum Gasteiger partial charge on any atom is -0.212 e.